The lowest BCUT2D eigenvalue weighted by Crippen LogP contribution is -2.23. The molecule has 0 atom stereocenters. The van der Waals surface area contributed by atoms with Crippen molar-refractivity contribution in [2.45, 2.75) is 38.3 Å². The Morgan fingerprint density at radius 2 is 2.12 bits per heavy atom. The first kappa shape index (κ1) is 13.6. The Kier molecular flexibility index (Phi) is 4.91. The van der Waals surface area contributed by atoms with Crippen LogP contribution in [0.4, 0.5) is 0 Å². The summed E-state index contributed by atoms with van der Waals surface area (Å²) < 4.78 is 25.8. The van der Waals surface area contributed by atoms with Gasteiger partial charge in [0.1, 0.15) is 0 Å². The standard InChI is InChI=1S/C10H18N2O2S2/c1-4-12-16(13,14)10-5-9(15-7-10)6-11-8(2)3/h5,7-8,11-12H,4,6H2,1-3H3. The molecule has 2 N–H and O–H groups in total. The Bertz CT molecular complexity index is 424. The molecule has 1 aromatic rings. The van der Waals surface area contributed by atoms with Gasteiger partial charge >= 0.3 is 0 Å². The van der Waals surface area contributed by atoms with Crippen LogP contribution >= 0.6 is 11.3 Å². The first-order valence-electron chi connectivity index (χ1n) is 5.26. The van der Waals surface area contributed by atoms with Crippen molar-refractivity contribution in [2.75, 3.05) is 6.54 Å². The highest BCUT2D eigenvalue weighted by Gasteiger charge is 2.14. The Labute approximate surface area is 101 Å². The molecule has 0 fully saturated rings. The molecule has 0 saturated heterocycles. The summed E-state index contributed by atoms with van der Waals surface area (Å²) in [5.74, 6) is 0. The van der Waals surface area contributed by atoms with E-state index in [-0.39, 0.29) is 0 Å². The molecule has 92 valence electrons. The molecule has 0 radical (unpaired) electrons. The van der Waals surface area contributed by atoms with Crippen LogP contribution in [0.1, 0.15) is 25.6 Å². The van der Waals surface area contributed by atoms with E-state index in [9.17, 15) is 8.42 Å². The Morgan fingerprint density at radius 3 is 2.69 bits per heavy atom. The molecule has 0 aliphatic carbocycles. The summed E-state index contributed by atoms with van der Waals surface area (Å²) in [6, 6.07) is 2.12. The second-order valence-corrected chi connectivity index (χ2v) is 6.55. The third kappa shape index (κ3) is 3.86. The highest BCUT2D eigenvalue weighted by Crippen LogP contribution is 2.18. The molecule has 1 rings (SSSR count). The number of rotatable bonds is 6. The van der Waals surface area contributed by atoms with Crippen LogP contribution in [0.25, 0.3) is 0 Å². The topological polar surface area (TPSA) is 58.2 Å². The third-order valence-electron chi connectivity index (χ3n) is 1.96. The molecular weight excluding hydrogens is 244 g/mol. The first-order chi connectivity index (χ1) is 7.45. The maximum atomic E-state index is 11.7. The zero-order chi connectivity index (χ0) is 12.2. The minimum Gasteiger partial charge on any atom is -0.310 e. The molecule has 6 heteroatoms. The fourth-order valence-electron chi connectivity index (χ4n) is 1.17. The lowest BCUT2D eigenvalue weighted by Gasteiger charge is -2.05. The largest absolute Gasteiger partial charge is 0.310 e. The normalized spacial score (nSPS) is 12.2. The number of sulfonamides is 1. The Balaban J connectivity index is 2.71. The van der Waals surface area contributed by atoms with E-state index in [1.54, 1.807) is 18.4 Å². The van der Waals surface area contributed by atoms with Gasteiger partial charge in [-0.2, -0.15) is 0 Å². The second kappa shape index (κ2) is 5.77. The highest BCUT2D eigenvalue weighted by molar-refractivity contribution is 7.89. The zero-order valence-electron chi connectivity index (χ0n) is 9.78. The summed E-state index contributed by atoms with van der Waals surface area (Å²) in [6.45, 7) is 7.01. The maximum Gasteiger partial charge on any atom is 0.241 e. The van der Waals surface area contributed by atoms with Crippen LogP contribution in [-0.2, 0) is 16.6 Å². The van der Waals surface area contributed by atoms with E-state index in [0.717, 1.165) is 4.88 Å². The van der Waals surface area contributed by atoms with Crippen molar-refractivity contribution in [3.63, 3.8) is 0 Å². The summed E-state index contributed by atoms with van der Waals surface area (Å²) in [7, 11) is -3.30. The van der Waals surface area contributed by atoms with Crippen molar-refractivity contribution < 1.29 is 8.42 Å². The number of hydrogen-bond acceptors (Lipinski definition) is 4. The van der Waals surface area contributed by atoms with Crippen molar-refractivity contribution in [1.82, 2.24) is 10.0 Å². The quantitative estimate of drug-likeness (QED) is 0.817. The molecule has 0 spiro atoms. The van der Waals surface area contributed by atoms with Crippen LogP contribution in [0.5, 0.6) is 0 Å². The van der Waals surface area contributed by atoms with E-state index < -0.39 is 10.0 Å². The van der Waals surface area contributed by atoms with Gasteiger partial charge in [-0.15, -0.1) is 11.3 Å². The second-order valence-electron chi connectivity index (χ2n) is 3.79. The Hall–Kier alpha value is -0.430. The first-order valence-corrected chi connectivity index (χ1v) is 7.62. The fourth-order valence-corrected chi connectivity index (χ4v) is 3.44. The summed E-state index contributed by atoms with van der Waals surface area (Å²) in [5, 5.41) is 4.93. The fraction of sp³-hybridized carbons (Fsp3) is 0.600. The van der Waals surface area contributed by atoms with Gasteiger partial charge in [-0.1, -0.05) is 20.8 Å². The molecule has 0 unspecified atom stereocenters. The Morgan fingerprint density at radius 1 is 1.44 bits per heavy atom. The van der Waals surface area contributed by atoms with Crippen molar-refractivity contribution >= 4 is 21.4 Å². The number of nitrogens with one attached hydrogen (secondary N) is 2. The smallest absolute Gasteiger partial charge is 0.241 e. The summed E-state index contributed by atoms with van der Waals surface area (Å²) in [6.07, 6.45) is 0. The molecule has 0 bridgehead atoms. The average Bonchev–Trinajstić information content (AvgIpc) is 2.63. The van der Waals surface area contributed by atoms with Crippen molar-refractivity contribution in [3.05, 3.63) is 16.3 Å². The molecule has 0 aromatic carbocycles. The minimum absolute atomic E-state index is 0.361. The van der Waals surface area contributed by atoms with Gasteiger partial charge < -0.3 is 5.32 Å². The molecule has 1 aromatic heterocycles. The molecular formula is C10H18N2O2S2. The molecule has 0 amide bonds. The SMILES string of the molecule is CCNS(=O)(=O)c1csc(CNC(C)C)c1. The van der Waals surface area contributed by atoms with E-state index in [1.165, 1.54) is 11.3 Å². The summed E-state index contributed by atoms with van der Waals surface area (Å²) >= 11 is 1.46. The van der Waals surface area contributed by atoms with Gasteiger partial charge in [-0.25, -0.2) is 13.1 Å². The molecule has 0 saturated carbocycles. The summed E-state index contributed by atoms with van der Waals surface area (Å²) in [5.41, 5.74) is 0. The van der Waals surface area contributed by atoms with Gasteiger partial charge in [0, 0.05) is 29.4 Å². The van der Waals surface area contributed by atoms with Crippen molar-refractivity contribution in [1.29, 1.82) is 0 Å². The zero-order valence-corrected chi connectivity index (χ0v) is 11.4. The molecule has 1 heterocycles. The molecule has 0 aliphatic heterocycles. The monoisotopic (exact) mass is 262 g/mol. The van der Waals surface area contributed by atoms with Crippen LogP contribution < -0.4 is 10.0 Å². The van der Waals surface area contributed by atoms with Crippen molar-refractivity contribution in [3.8, 4) is 0 Å². The number of hydrogen-bond donors (Lipinski definition) is 2. The minimum atomic E-state index is -3.30. The highest BCUT2D eigenvalue weighted by atomic mass is 32.2. The van der Waals surface area contributed by atoms with Crippen LogP contribution in [0.15, 0.2) is 16.3 Å². The van der Waals surface area contributed by atoms with Crippen LogP contribution in [0.3, 0.4) is 0 Å². The number of thiophene rings is 1. The third-order valence-corrected chi connectivity index (χ3v) is 4.57. The van der Waals surface area contributed by atoms with E-state index in [1.807, 2.05) is 0 Å². The molecule has 0 aliphatic rings. The molecule has 4 nitrogen and oxygen atoms in total. The van der Waals surface area contributed by atoms with Gasteiger partial charge in [-0.3, -0.25) is 0 Å². The van der Waals surface area contributed by atoms with Gasteiger partial charge in [0.05, 0.1) is 4.90 Å². The van der Waals surface area contributed by atoms with E-state index in [4.69, 9.17) is 0 Å². The van der Waals surface area contributed by atoms with E-state index in [0.29, 0.717) is 24.0 Å². The van der Waals surface area contributed by atoms with Gasteiger partial charge in [0.25, 0.3) is 0 Å². The predicted molar refractivity (Wildman–Crippen MR) is 67.2 cm³/mol. The van der Waals surface area contributed by atoms with Crippen LogP contribution in [0.2, 0.25) is 0 Å². The van der Waals surface area contributed by atoms with Gasteiger partial charge in [0.2, 0.25) is 10.0 Å². The predicted octanol–water partition coefficient (Wildman–Crippen LogP) is 1.54. The maximum absolute atomic E-state index is 11.7. The average molecular weight is 262 g/mol. The lowest BCUT2D eigenvalue weighted by atomic mass is 10.4. The van der Waals surface area contributed by atoms with Gasteiger partial charge in [-0.05, 0) is 6.07 Å². The summed E-state index contributed by atoms with van der Waals surface area (Å²) in [4.78, 5) is 1.39. The van der Waals surface area contributed by atoms with Crippen LogP contribution in [0, 0.1) is 0 Å². The van der Waals surface area contributed by atoms with Gasteiger partial charge in [0.15, 0.2) is 0 Å². The van der Waals surface area contributed by atoms with Crippen molar-refractivity contribution in [2.24, 2.45) is 0 Å². The van der Waals surface area contributed by atoms with Crippen LogP contribution in [-0.4, -0.2) is 21.0 Å². The van der Waals surface area contributed by atoms with E-state index >= 15 is 0 Å². The lowest BCUT2D eigenvalue weighted by molar-refractivity contribution is 0.583. The molecule has 16 heavy (non-hydrogen) atoms. The van der Waals surface area contributed by atoms with E-state index in [2.05, 4.69) is 23.9 Å².